The highest BCUT2D eigenvalue weighted by Crippen LogP contribution is 2.36. The van der Waals surface area contributed by atoms with Crippen LogP contribution < -0.4 is 10.1 Å². The van der Waals surface area contributed by atoms with Gasteiger partial charge in [0, 0.05) is 6.07 Å². The van der Waals surface area contributed by atoms with Gasteiger partial charge in [-0.3, -0.25) is 4.79 Å². The number of anilines is 1. The average molecular weight is 235 g/mol. The first-order chi connectivity index (χ1) is 8.20. The Morgan fingerprint density at radius 3 is 3.00 bits per heavy atom. The zero-order valence-corrected chi connectivity index (χ0v) is 9.95. The number of hydrogen-bond donors (Lipinski definition) is 2. The molecular weight excluding hydrogens is 218 g/mol. The molecule has 2 N–H and O–H groups in total. The van der Waals surface area contributed by atoms with E-state index >= 15 is 0 Å². The molecule has 1 amide bonds. The highest BCUT2D eigenvalue weighted by molar-refractivity contribution is 5.96. The summed E-state index contributed by atoms with van der Waals surface area (Å²) in [6, 6.07) is 3.24. The second kappa shape index (κ2) is 5.08. The van der Waals surface area contributed by atoms with Gasteiger partial charge in [0.05, 0.1) is 5.69 Å². The maximum absolute atomic E-state index is 11.2. The number of phenols is 1. The molecule has 1 aromatic rings. The van der Waals surface area contributed by atoms with E-state index < -0.39 is 0 Å². The molecule has 0 saturated carbocycles. The number of benzene rings is 1. The van der Waals surface area contributed by atoms with Crippen LogP contribution in [0.15, 0.2) is 12.1 Å². The van der Waals surface area contributed by atoms with Gasteiger partial charge in [-0.1, -0.05) is 19.8 Å². The number of unbranched alkanes of at least 4 members (excludes halogenated alkanes) is 2. The second-order valence-corrected chi connectivity index (χ2v) is 4.28. The Balaban J connectivity index is 2.22. The Bertz CT molecular complexity index is 429. The number of fused-ring (bicyclic) bond motifs is 1. The molecule has 4 heteroatoms. The fourth-order valence-corrected chi connectivity index (χ4v) is 2.01. The molecule has 92 valence electrons. The SMILES string of the molecule is CCCCCc1cc(O)cc2c1OCC(=O)N2. The molecule has 0 aliphatic carbocycles. The van der Waals surface area contributed by atoms with Crippen molar-refractivity contribution in [3.8, 4) is 11.5 Å². The first-order valence-electron chi connectivity index (χ1n) is 5.99. The third-order valence-corrected chi connectivity index (χ3v) is 2.82. The first kappa shape index (κ1) is 11.8. The summed E-state index contributed by atoms with van der Waals surface area (Å²) in [5, 5.41) is 12.3. The number of aryl methyl sites for hydroxylation is 1. The van der Waals surface area contributed by atoms with Crippen molar-refractivity contribution in [1.82, 2.24) is 0 Å². The summed E-state index contributed by atoms with van der Waals surface area (Å²) in [4.78, 5) is 11.2. The minimum atomic E-state index is -0.178. The van der Waals surface area contributed by atoms with Crippen molar-refractivity contribution in [2.75, 3.05) is 11.9 Å². The lowest BCUT2D eigenvalue weighted by Crippen LogP contribution is -2.26. The number of amides is 1. The average Bonchev–Trinajstić information content (AvgIpc) is 2.28. The number of rotatable bonds is 4. The van der Waals surface area contributed by atoms with Crippen molar-refractivity contribution in [3.05, 3.63) is 17.7 Å². The predicted molar refractivity (Wildman–Crippen MR) is 65.5 cm³/mol. The van der Waals surface area contributed by atoms with Gasteiger partial charge in [0.2, 0.25) is 0 Å². The van der Waals surface area contributed by atoms with Crippen molar-refractivity contribution < 1.29 is 14.6 Å². The highest BCUT2D eigenvalue weighted by atomic mass is 16.5. The van der Waals surface area contributed by atoms with Gasteiger partial charge in [0.15, 0.2) is 6.61 Å². The van der Waals surface area contributed by atoms with E-state index in [4.69, 9.17) is 4.74 Å². The van der Waals surface area contributed by atoms with E-state index in [2.05, 4.69) is 12.2 Å². The summed E-state index contributed by atoms with van der Waals surface area (Å²) >= 11 is 0. The molecule has 1 aliphatic heterocycles. The van der Waals surface area contributed by atoms with Crippen LogP contribution in [0.5, 0.6) is 11.5 Å². The topological polar surface area (TPSA) is 58.6 Å². The first-order valence-corrected chi connectivity index (χ1v) is 5.99. The number of phenolic OH excluding ortho intramolecular Hbond substituents is 1. The number of aromatic hydroxyl groups is 1. The molecule has 2 rings (SSSR count). The third kappa shape index (κ3) is 2.70. The number of ether oxygens (including phenoxy) is 1. The fourth-order valence-electron chi connectivity index (χ4n) is 2.01. The van der Waals surface area contributed by atoms with Gasteiger partial charge in [-0.25, -0.2) is 0 Å². The Morgan fingerprint density at radius 2 is 2.24 bits per heavy atom. The number of nitrogens with one attached hydrogen (secondary N) is 1. The van der Waals surface area contributed by atoms with E-state index in [1.54, 1.807) is 6.07 Å². The molecule has 0 atom stereocenters. The van der Waals surface area contributed by atoms with Crippen LogP contribution in [0, 0.1) is 0 Å². The molecule has 1 aromatic carbocycles. The van der Waals surface area contributed by atoms with Gasteiger partial charge in [-0.2, -0.15) is 0 Å². The van der Waals surface area contributed by atoms with Crippen LogP contribution in [0.3, 0.4) is 0 Å². The second-order valence-electron chi connectivity index (χ2n) is 4.28. The van der Waals surface area contributed by atoms with E-state index in [1.165, 1.54) is 6.07 Å². The van der Waals surface area contributed by atoms with Gasteiger partial charge < -0.3 is 15.2 Å². The molecular formula is C13H17NO3. The lowest BCUT2D eigenvalue weighted by atomic mass is 10.0. The summed E-state index contributed by atoms with van der Waals surface area (Å²) in [6.45, 7) is 2.20. The van der Waals surface area contributed by atoms with Crippen molar-refractivity contribution in [1.29, 1.82) is 0 Å². The summed E-state index contributed by atoms with van der Waals surface area (Å²) < 4.78 is 5.43. The maximum Gasteiger partial charge on any atom is 0.262 e. The molecule has 0 aromatic heterocycles. The fraction of sp³-hybridized carbons (Fsp3) is 0.462. The number of hydrogen-bond acceptors (Lipinski definition) is 3. The van der Waals surface area contributed by atoms with Crippen LogP contribution >= 0.6 is 0 Å². The zero-order chi connectivity index (χ0) is 12.3. The van der Waals surface area contributed by atoms with E-state index in [0.717, 1.165) is 31.2 Å². The molecule has 1 aliphatic rings. The van der Waals surface area contributed by atoms with Crippen molar-refractivity contribution in [2.45, 2.75) is 32.6 Å². The maximum atomic E-state index is 11.2. The Labute approximate surface area is 101 Å². The molecule has 0 unspecified atom stereocenters. The molecule has 0 saturated heterocycles. The van der Waals surface area contributed by atoms with Crippen LogP contribution in [-0.2, 0) is 11.2 Å². The van der Waals surface area contributed by atoms with Crippen molar-refractivity contribution >= 4 is 11.6 Å². The number of carbonyl (C=O) groups is 1. The predicted octanol–water partition coefficient (Wildman–Crippen LogP) is 2.46. The van der Waals surface area contributed by atoms with Gasteiger partial charge in [-0.15, -0.1) is 0 Å². The molecule has 0 spiro atoms. The van der Waals surface area contributed by atoms with E-state index in [1.807, 2.05) is 0 Å². The van der Waals surface area contributed by atoms with Crippen LogP contribution in [-0.4, -0.2) is 17.6 Å². The van der Waals surface area contributed by atoms with Crippen molar-refractivity contribution in [2.24, 2.45) is 0 Å². The summed E-state index contributed by atoms with van der Waals surface area (Å²) in [6.07, 6.45) is 4.22. The smallest absolute Gasteiger partial charge is 0.262 e. The minimum absolute atomic E-state index is 0.0541. The molecule has 1 heterocycles. The normalized spacial score (nSPS) is 13.8. The van der Waals surface area contributed by atoms with E-state index in [-0.39, 0.29) is 18.3 Å². The Morgan fingerprint density at radius 1 is 1.41 bits per heavy atom. The third-order valence-electron chi connectivity index (χ3n) is 2.82. The Hall–Kier alpha value is -1.71. The molecule has 4 nitrogen and oxygen atoms in total. The quantitative estimate of drug-likeness (QED) is 0.788. The summed E-state index contributed by atoms with van der Waals surface area (Å²) in [5.41, 5.74) is 1.54. The van der Waals surface area contributed by atoms with Gasteiger partial charge in [-0.05, 0) is 24.5 Å². The van der Waals surface area contributed by atoms with Crippen LogP contribution in [0.25, 0.3) is 0 Å². The van der Waals surface area contributed by atoms with Crippen LogP contribution in [0.4, 0.5) is 5.69 Å². The van der Waals surface area contributed by atoms with Crippen LogP contribution in [0.1, 0.15) is 31.7 Å². The zero-order valence-electron chi connectivity index (χ0n) is 9.95. The molecule has 0 radical (unpaired) electrons. The standard InChI is InChI=1S/C13H17NO3/c1-2-3-4-5-9-6-10(15)7-11-13(9)17-8-12(16)14-11/h6-7,15H,2-5,8H2,1H3,(H,14,16). The Kier molecular flexibility index (Phi) is 3.52. The lowest BCUT2D eigenvalue weighted by Gasteiger charge is -2.21. The molecule has 17 heavy (non-hydrogen) atoms. The minimum Gasteiger partial charge on any atom is -0.508 e. The largest absolute Gasteiger partial charge is 0.508 e. The van der Waals surface area contributed by atoms with Gasteiger partial charge in [0.25, 0.3) is 5.91 Å². The lowest BCUT2D eigenvalue weighted by molar-refractivity contribution is -0.118. The summed E-state index contributed by atoms with van der Waals surface area (Å²) in [5.74, 6) is 0.696. The molecule has 0 bridgehead atoms. The highest BCUT2D eigenvalue weighted by Gasteiger charge is 2.19. The van der Waals surface area contributed by atoms with E-state index in [9.17, 15) is 9.90 Å². The monoisotopic (exact) mass is 235 g/mol. The summed E-state index contributed by atoms with van der Waals surface area (Å²) in [7, 11) is 0. The van der Waals surface area contributed by atoms with Crippen molar-refractivity contribution in [3.63, 3.8) is 0 Å². The molecule has 0 fully saturated rings. The van der Waals surface area contributed by atoms with Crippen LogP contribution in [0.2, 0.25) is 0 Å². The van der Waals surface area contributed by atoms with E-state index in [0.29, 0.717) is 11.4 Å². The van der Waals surface area contributed by atoms with Gasteiger partial charge >= 0.3 is 0 Å². The number of carbonyl (C=O) groups excluding carboxylic acids is 1. The van der Waals surface area contributed by atoms with Gasteiger partial charge in [0.1, 0.15) is 11.5 Å².